The Morgan fingerprint density at radius 3 is 3.00 bits per heavy atom. The maximum absolute atomic E-state index is 8.81. The molecule has 2 rings (SSSR count). The molecule has 0 radical (unpaired) electrons. The standard InChI is InChI=1S/C15H20N2/c1-12-5-6-13(2)15(10-12)17-9-3-4-14(11-17)7-8-16/h5-6,10,14H,3-4,7,9,11H2,1-2H3. The molecule has 0 spiro atoms. The van der Waals surface area contributed by atoms with E-state index >= 15 is 0 Å². The zero-order chi connectivity index (χ0) is 12.3. The van der Waals surface area contributed by atoms with Gasteiger partial charge in [-0.1, -0.05) is 12.1 Å². The second-order valence-corrected chi connectivity index (χ2v) is 5.11. The molecular formula is C15H20N2. The summed E-state index contributed by atoms with van der Waals surface area (Å²) >= 11 is 0. The van der Waals surface area contributed by atoms with Gasteiger partial charge in [-0.25, -0.2) is 0 Å². The first-order valence-corrected chi connectivity index (χ1v) is 6.40. The fraction of sp³-hybridized carbons (Fsp3) is 0.533. The third-order valence-corrected chi connectivity index (χ3v) is 3.60. The van der Waals surface area contributed by atoms with Crippen molar-refractivity contribution in [1.29, 1.82) is 5.26 Å². The third-order valence-electron chi connectivity index (χ3n) is 3.60. The van der Waals surface area contributed by atoms with Gasteiger partial charge >= 0.3 is 0 Å². The molecule has 0 bridgehead atoms. The highest BCUT2D eigenvalue weighted by Gasteiger charge is 2.20. The largest absolute Gasteiger partial charge is 0.371 e. The van der Waals surface area contributed by atoms with Gasteiger partial charge in [0.15, 0.2) is 0 Å². The summed E-state index contributed by atoms with van der Waals surface area (Å²) in [6.45, 7) is 6.48. The summed E-state index contributed by atoms with van der Waals surface area (Å²) in [5.74, 6) is 0.550. The van der Waals surface area contributed by atoms with Gasteiger partial charge < -0.3 is 4.90 Å². The zero-order valence-corrected chi connectivity index (χ0v) is 10.7. The summed E-state index contributed by atoms with van der Waals surface area (Å²) < 4.78 is 0. The van der Waals surface area contributed by atoms with Crippen LogP contribution in [0.1, 0.15) is 30.4 Å². The Hall–Kier alpha value is -1.49. The highest BCUT2D eigenvalue weighted by molar-refractivity contribution is 5.55. The molecule has 0 aliphatic carbocycles. The summed E-state index contributed by atoms with van der Waals surface area (Å²) in [5, 5.41) is 8.81. The number of aryl methyl sites for hydroxylation is 2. The minimum absolute atomic E-state index is 0.550. The molecule has 0 saturated carbocycles. The normalized spacial score (nSPS) is 20.1. The van der Waals surface area contributed by atoms with Crippen molar-refractivity contribution in [2.45, 2.75) is 33.1 Å². The Morgan fingerprint density at radius 2 is 2.24 bits per heavy atom. The summed E-state index contributed by atoms with van der Waals surface area (Å²) in [7, 11) is 0. The van der Waals surface area contributed by atoms with E-state index in [2.05, 4.69) is 43.0 Å². The minimum atomic E-state index is 0.550. The molecule has 0 aromatic heterocycles. The lowest BCUT2D eigenvalue weighted by atomic mass is 9.94. The molecule has 1 aliphatic rings. The predicted molar refractivity (Wildman–Crippen MR) is 71.1 cm³/mol. The van der Waals surface area contributed by atoms with E-state index in [4.69, 9.17) is 5.26 Å². The molecule has 2 nitrogen and oxygen atoms in total. The van der Waals surface area contributed by atoms with Gasteiger partial charge in [-0.2, -0.15) is 5.26 Å². The van der Waals surface area contributed by atoms with E-state index in [9.17, 15) is 0 Å². The first-order chi connectivity index (χ1) is 8.20. The van der Waals surface area contributed by atoms with Crippen LogP contribution < -0.4 is 4.90 Å². The van der Waals surface area contributed by atoms with E-state index in [1.165, 1.54) is 29.7 Å². The van der Waals surface area contributed by atoms with E-state index in [0.29, 0.717) is 12.3 Å². The van der Waals surface area contributed by atoms with E-state index in [1.807, 2.05) is 0 Å². The SMILES string of the molecule is Cc1ccc(C)c(N2CCCC(CC#N)C2)c1. The van der Waals surface area contributed by atoms with Gasteiger partial charge in [-0.05, 0) is 49.8 Å². The summed E-state index contributed by atoms with van der Waals surface area (Å²) in [6, 6.07) is 8.93. The Labute approximate surface area is 104 Å². The lowest BCUT2D eigenvalue weighted by Crippen LogP contribution is -2.35. The van der Waals surface area contributed by atoms with Crippen LogP contribution in [0.4, 0.5) is 5.69 Å². The van der Waals surface area contributed by atoms with Gasteiger partial charge in [0.25, 0.3) is 0 Å². The molecule has 1 aromatic carbocycles. The molecular weight excluding hydrogens is 208 g/mol. The van der Waals surface area contributed by atoms with Crippen LogP contribution >= 0.6 is 0 Å². The van der Waals surface area contributed by atoms with Gasteiger partial charge in [0.1, 0.15) is 0 Å². The molecule has 2 heteroatoms. The van der Waals surface area contributed by atoms with Crippen LogP contribution in [-0.2, 0) is 0 Å². The molecule has 1 fully saturated rings. The van der Waals surface area contributed by atoms with Crippen molar-refractivity contribution in [3.8, 4) is 6.07 Å². The number of benzene rings is 1. The van der Waals surface area contributed by atoms with E-state index in [1.54, 1.807) is 0 Å². The monoisotopic (exact) mass is 228 g/mol. The second kappa shape index (κ2) is 5.23. The number of hydrogen-bond acceptors (Lipinski definition) is 2. The molecule has 1 unspecified atom stereocenters. The van der Waals surface area contributed by atoms with Gasteiger partial charge in [-0.15, -0.1) is 0 Å². The van der Waals surface area contributed by atoms with Crippen LogP contribution in [0.15, 0.2) is 18.2 Å². The average molecular weight is 228 g/mol. The van der Waals surface area contributed by atoms with Crippen molar-refractivity contribution in [1.82, 2.24) is 0 Å². The first kappa shape index (κ1) is 12.0. The minimum Gasteiger partial charge on any atom is -0.371 e. The number of anilines is 1. The van der Waals surface area contributed by atoms with Crippen molar-refractivity contribution < 1.29 is 0 Å². The quantitative estimate of drug-likeness (QED) is 0.775. The Bertz CT molecular complexity index is 431. The van der Waals surface area contributed by atoms with E-state index in [-0.39, 0.29) is 0 Å². The summed E-state index contributed by atoms with van der Waals surface area (Å²) in [5.41, 5.74) is 4.01. The van der Waals surface area contributed by atoms with Gasteiger partial charge in [0, 0.05) is 25.2 Å². The van der Waals surface area contributed by atoms with Crippen molar-refractivity contribution in [2.24, 2.45) is 5.92 Å². The molecule has 90 valence electrons. The second-order valence-electron chi connectivity index (χ2n) is 5.11. The number of rotatable bonds is 2. The Morgan fingerprint density at radius 1 is 1.41 bits per heavy atom. The number of nitrogens with zero attached hydrogens (tertiary/aromatic N) is 2. The molecule has 1 atom stereocenters. The summed E-state index contributed by atoms with van der Waals surface area (Å²) in [4.78, 5) is 2.45. The van der Waals surface area contributed by atoms with Crippen molar-refractivity contribution in [2.75, 3.05) is 18.0 Å². The van der Waals surface area contributed by atoms with Crippen molar-refractivity contribution in [3.05, 3.63) is 29.3 Å². The molecule has 1 saturated heterocycles. The fourth-order valence-electron chi connectivity index (χ4n) is 2.64. The summed E-state index contributed by atoms with van der Waals surface area (Å²) in [6.07, 6.45) is 3.11. The number of nitriles is 1. The average Bonchev–Trinajstić information content (AvgIpc) is 2.33. The maximum atomic E-state index is 8.81. The van der Waals surface area contributed by atoms with E-state index in [0.717, 1.165) is 13.1 Å². The van der Waals surface area contributed by atoms with Crippen LogP contribution in [0.5, 0.6) is 0 Å². The zero-order valence-electron chi connectivity index (χ0n) is 10.7. The molecule has 1 aromatic rings. The molecule has 1 aliphatic heterocycles. The molecule has 0 amide bonds. The lowest BCUT2D eigenvalue weighted by Gasteiger charge is -2.34. The highest BCUT2D eigenvalue weighted by Crippen LogP contribution is 2.28. The van der Waals surface area contributed by atoms with E-state index < -0.39 is 0 Å². The predicted octanol–water partition coefficient (Wildman–Crippen LogP) is 3.43. The fourth-order valence-corrected chi connectivity index (χ4v) is 2.64. The Kier molecular flexibility index (Phi) is 3.68. The van der Waals surface area contributed by atoms with Crippen LogP contribution in [0.3, 0.4) is 0 Å². The maximum Gasteiger partial charge on any atom is 0.0625 e. The first-order valence-electron chi connectivity index (χ1n) is 6.40. The smallest absolute Gasteiger partial charge is 0.0625 e. The van der Waals surface area contributed by atoms with Crippen LogP contribution in [-0.4, -0.2) is 13.1 Å². The van der Waals surface area contributed by atoms with Crippen LogP contribution in [0.25, 0.3) is 0 Å². The molecule has 1 heterocycles. The number of hydrogen-bond donors (Lipinski definition) is 0. The third kappa shape index (κ3) is 2.79. The topological polar surface area (TPSA) is 27.0 Å². The molecule has 0 N–H and O–H groups in total. The van der Waals surface area contributed by atoms with Crippen molar-refractivity contribution in [3.63, 3.8) is 0 Å². The van der Waals surface area contributed by atoms with Gasteiger partial charge in [-0.3, -0.25) is 0 Å². The van der Waals surface area contributed by atoms with Gasteiger partial charge in [0.2, 0.25) is 0 Å². The molecule has 17 heavy (non-hydrogen) atoms. The van der Waals surface area contributed by atoms with Gasteiger partial charge in [0.05, 0.1) is 6.07 Å². The van der Waals surface area contributed by atoms with Crippen LogP contribution in [0.2, 0.25) is 0 Å². The lowest BCUT2D eigenvalue weighted by molar-refractivity contribution is 0.421. The highest BCUT2D eigenvalue weighted by atomic mass is 15.1. The van der Waals surface area contributed by atoms with Crippen LogP contribution in [0, 0.1) is 31.1 Å². The van der Waals surface area contributed by atoms with Crippen molar-refractivity contribution >= 4 is 5.69 Å². The number of piperidine rings is 1. The Balaban J connectivity index is 2.16.